The summed E-state index contributed by atoms with van der Waals surface area (Å²) in [6.07, 6.45) is 9.03. The SMILES string of the molecule is CCOCCCCOC(=O)c1cc2cc(NC(=O)[C@@H]3NCC[C@H]3C3CCCCC3)ccc2o1.Cl. The lowest BCUT2D eigenvalue weighted by Crippen LogP contribution is -2.42. The molecular formula is C26H37ClN2O5. The van der Waals surface area contributed by atoms with Crippen LogP contribution in [-0.2, 0) is 14.3 Å². The molecule has 0 bridgehead atoms. The van der Waals surface area contributed by atoms with E-state index in [9.17, 15) is 9.59 Å². The Morgan fingerprint density at radius 2 is 1.88 bits per heavy atom. The Hall–Kier alpha value is -2.09. The van der Waals surface area contributed by atoms with E-state index in [1.165, 1.54) is 32.1 Å². The number of hydrogen-bond donors (Lipinski definition) is 2. The van der Waals surface area contributed by atoms with Crippen molar-refractivity contribution in [2.24, 2.45) is 11.8 Å². The van der Waals surface area contributed by atoms with Crippen molar-refractivity contribution in [1.29, 1.82) is 0 Å². The molecule has 1 aliphatic heterocycles. The molecule has 2 heterocycles. The van der Waals surface area contributed by atoms with E-state index < -0.39 is 5.97 Å². The Labute approximate surface area is 207 Å². The molecule has 0 radical (unpaired) electrons. The molecule has 0 unspecified atom stereocenters. The van der Waals surface area contributed by atoms with Crippen molar-refractivity contribution >= 4 is 40.9 Å². The lowest BCUT2D eigenvalue weighted by Gasteiger charge is -2.30. The molecule has 2 fully saturated rings. The van der Waals surface area contributed by atoms with E-state index in [4.69, 9.17) is 13.9 Å². The number of rotatable bonds is 10. The molecule has 7 nitrogen and oxygen atoms in total. The first kappa shape index (κ1) is 26.5. The van der Waals surface area contributed by atoms with Gasteiger partial charge < -0.3 is 24.5 Å². The summed E-state index contributed by atoms with van der Waals surface area (Å²) in [5.74, 6) is 0.788. The van der Waals surface area contributed by atoms with Crippen LogP contribution in [0.25, 0.3) is 11.0 Å². The summed E-state index contributed by atoms with van der Waals surface area (Å²) < 4.78 is 16.2. The lowest BCUT2D eigenvalue weighted by atomic mass is 9.76. The molecule has 0 spiro atoms. The van der Waals surface area contributed by atoms with Crippen LogP contribution >= 0.6 is 12.4 Å². The Morgan fingerprint density at radius 1 is 1.09 bits per heavy atom. The minimum atomic E-state index is -0.473. The highest BCUT2D eigenvalue weighted by Crippen LogP contribution is 2.36. The van der Waals surface area contributed by atoms with Gasteiger partial charge in [0, 0.05) is 24.3 Å². The minimum absolute atomic E-state index is 0. The number of benzene rings is 1. The van der Waals surface area contributed by atoms with E-state index in [2.05, 4.69) is 10.6 Å². The maximum Gasteiger partial charge on any atom is 0.374 e. The van der Waals surface area contributed by atoms with Crippen molar-refractivity contribution in [3.05, 3.63) is 30.0 Å². The summed E-state index contributed by atoms with van der Waals surface area (Å²) in [6, 6.07) is 6.98. The maximum atomic E-state index is 13.0. The summed E-state index contributed by atoms with van der Waals surface area (Å²) in [7, 11) is 0. The molecule has 2 aromatic rings. The predicted molar refractivity (Wildman–Crippen MR) is 135 cm³/mol. The Balaban J connectivity index is 0.00000324. The summed E-state index contributed by atoms with van der Waals surface area (Å²) in [6.45, 7) is 4.56. The van der Waals surface area contributed by atoms with E-state index in [0.29, 0.717) is 42.9 Å². The second-order valence-corrected chi connectivity index (χ2v) is 9.17. The summed E-state index contributed by atoms with van der Waals surface area (Å²) >= 11 is 0. The van der Waals surface area contributed by atoms with Crippen LogP contribution < -0.4 is 10.6 Å². The van der Waals surface area contributed by atoms with Gasteiger partial charge in [0.1, 0.15) is 5.58 Å². The first-order valence-corrected chi connectivity index (χ1v) is 12.5. The van der Waals surface area contributed by atoms with Crippen molar-refractivity contribution in [2.75, 3.05) is 31.7 Å². The second-order valence-electron chi connectivity index (χ2n) is 9.17. The molecule has 1 saturated heterocycles. The summed E-state index contributed by atoms with van der Waals surface area (Å²) in [4.78, 5) is 25.4. The van der Waals surface area contributed by atoms with Gasteiger partial charge >= 0.3 is 5.97 Å². The number of halogens is 1. The number of furan rings is 1. The number of hydrogen-bond acceptors (Lipinski definition) is 6. The average Bonchev–Trinajstić information content (AvgIpc) is 3.49. The smallest absolute Gasteiger partial charge is 0.374 e. The van der Waals surface area contributed by atoms with Crippen molar-refractivity contribution in [3.63, 3.8) is 0 Å². The number of unbranched alkanes of at least 4 members (excludes halogenated alkanes) is 1. The monoisotopic (exact) mass is 492 g/mol. The van der Waals surface area contributed by atoms with Gasteiger partial charge in [-0.3, -0.25) is 4.79 Å². The Morgan fingerprint density at radius 3 is 2.68 bits per heavy atom. The van der Waals surface area contributed by atoms with E-state index in [1.54, 1.807) is 12.1 Å². The van der Waals surface area contributed by atoms with Gasteiger partial charge in [-0.05, 0) is 68.8 Å². The third kappa shape index (κ3) is 6.74. The van der Waals surface area contributed by atoms with Crippen LogP contribution in [0.4, 0.5) is 5.69 Å². The first-order valence-electron chi connectivity index (χ1n) is 12.5. The highest BCUT2D eigenvalue weighted by molar-refractivity contribution is 5.98. The number of nitrogens with one attached hydrogen (secondary N) is 2. The molecule has 188 valence electrons. The van der Waals surface area contributed by atoms with E-state index in [0.717, 1.165) is 31.2 Å². The van der Waals surface area contributed by atoms with E-state index in [-0.39, 0.29) is 30.1 Å². The molecule has 34 heavy (non-hydrogen) atoms. The summed E-state index contributed by atoms with van der Waals surface area (Å²) in [5, 5.41) is 7.25. The fourth-order valence-corrected chi connectivity index (χ4v) is 5.21. The van der Waals surface area contributed by atoms with E-state index >= 15 is 0 Å². The number of carbonyl (C=O) groups excluding carboxylic acids is 2. The van der Waals surface area contributed by atoms with Crippen molar-refractivity contribution in [3.8, 4) is 0 Å². The molecule has 1 aromatic carbocycles. The van der Waals surface area contributed by atoms with Crippen molar-refractivity contribution in [1.82, 2.24) is 5.32 Å². The molecule has 2 N–H and O–H groups in total. The molecule has 2 atom stereocenters. The number of ether oxygens (including phenoxy) is 2. The average molecular weight is 493 g/mol. The standard InChI is InChI=1S/C26H36N2O5.ClH/c1-2-31-14-6-7-15-32-26(30)23-17-19-16-20(10-11-22(19)33-23)28-25(29)24-21(12-13-27-24)18-8-4-3-5-9-18;/h10-11,16-18,21,24,27H,2-9,12-15H2,1H3,(H,28,29);1H/t21-,24+;/m0./s1. The normalized spacial score (nSPS) is 20.7. The van der Waals surface area contributed by atoms with Gasteiger partial charge in [0.05, 0.1) is 12.6 Å². The second kappa shape index (κ2) is 13.1. The predicted octanol–water partition coefficient (Wildman–Crippen LogP) is 5.33. The van der Waals surface area contributed by atoms with E-state index in [1.807, 2.05) is 19.1 Å². The largest absolute Gasteiger partial charge is 0.460 e. The number of amides is 1. The van der Waals surface area contributed by atoms with Crippen LogP contribution in [0.3, 0.4) is 0 Å². The zero-order chi connectivity index (χ0) is 23.0. The van der Waals surface area contributed by atoms with Gasteiger partial charge in [-0.15, -0.1) is 12.4 Å². The molecule has 1 amide bonds. The molecular weight excluding hydrogens is 456 g/mol. The molecule has 1 aliphatic carbocycles. The van der Waals surface area contributed by atoms with Gasteiger partial charge in [0.15, 0.2) is 0 Å². The van der Waals surface area contributed by atoms with Crippen LogP contribution in [0, 0.1) is 11.8 Å². The fraction of sp³-hybridized carbons (Fsp3) is 0.615. The van der Waals surface area contributed by atoms with Crippen LogP contribution in [0.2, 0.25) is 0 Å². The van der Waals surface area contributed by atoms with Crippen LogP contribution in [0.5, 0.6) is 0 Å². The van der Waals surface area contributed by atoms with Crippen LogP contribution in [0.15, 0.2) is 28.7 Å². The molecule has 4 rings (SSSR count). The maximum absolute atomic E-state index is 13.0. The molecule has 1 aromatic heterocycles. The third-order valence-electron chi connectivity index (χ3n) is 6.91. The Bertz CT molecular complexity index is 940. The van der Waals surface area contributed by atoms with Gasteiger partial charge in [-0.1, -0.05) is 32.1 Å². The van der Waals surface area contributed by atoms with Gasteiger partial charge in [0.2, 0.25) is 11.7 Å². The van der Waals surface area contributed by atoms with Gasteiger partial charge in [-0.25, -0.2) is 4.79 Å². The minimum Gasteiger partial charge on any atom is -0.460 e. The lowest BCUT2D eigenvalue weighted by molar-refractivity contribution is -0.119. The number of fused-ring (bicyclic) bond motifs is 1. The fourth-order valence-electron chi connectivity index (χ4n) is 5.21. The van der Waals surface area contributed by atoms with Crippen molar-refractivity contribution < 1.29 is 23.5 Å². The topological polar surface area (TPSA) is 89.8 Å². The summed E-state index contributed by atoms with van der Waals surface area (Å²) in [5.41, 5.74) is 1.30. The first-order chi connectivity index (χ1) is 16.2. The highest BCUT2D eigenvalue weighted by Gasteiger charge is 2.38. The number of esters is 1. The zero-order valence-electron chi connectivity index (χ0n) is 20.0. The number of anilines is 1. The molecule has 8 heteroatoms. The van der Waals surface area contributed by atoms with Crippen molar-refractivity contribution in [2.45, 2.75) is 64.3 Å². The highest BCUT2D eigenvalue weighted by atomic mass is 35.5. The van der Waals surface area contributed by atoms with Crippen LogP contribution in [0.1, 0.15) is 68.8 Å². The Kier molecular flexibility index (Phi) is 10.2. The zero-order valence-corrected chi connectivity index (χ0v) is 20.8. The third-order valence-corrected chi connectivity index (χ3v) is 6.91. The molecule has 2 aliphatic rings. The van der Waals surface area contributed by atoms with Gasteiger partial charge in [0.25, 0.3) is 0 Å². The van der Waals surface area contributed by atoms with Crippen LogP contribution in [-0.4, -0.2) is 44.3 Å². The number of carbonyl (C=O) groups is 2. The van der Waals surface area contributed by atoms with Gasteiger partial charge in [-0.2, -0.15) is 0 Å². The molecule has 1 saturated carbocycles. The quantitative estimate of drug-likeness (QED) is 0.344.